The van der Waals surface area contributed by atoms with E-state index in [0.29, 0.717) is 6.04 Å². The second kappa shape index (κ2) is 2.36. The van der Waals surface area contributed by atoms with E-state index in [1.54, 1.807) is 0 Å². The fraction of sp³-hybridized carbons (Fsp3) is 0.750. The van der Waals surface area contributed by atoms with Crippen LogP contribution in [0.15, 0.2) is 11.6 Å². The zero-order valence-corrected chi connectivity index (χ0v) is 6.01. The van der Waals surface area contributed by atoms with Crippen LogP contribution in [0.25, 0.3) is 0 Å². The lowest BCUT2D eigenvalue weighted by atomic mass is 9.93. The van der Waals surface area contributed by atoms with Gasteiger partial charge in [-0.05, 0) is 25.8 Å². The van der Waals surface area contributed by atoms with Gasteiger partial charge in [-0.15, -0.1) is 0 Å². The predicted molar refractivity (Wildman–Crippen MR) is 39.7 cm³/mol. The van der Waals surface area contributed by atoms with E-state index in [1.807, 2.05) is 0 Å². The number of aliphatic hydroxyl groups excluding tert-OH is 1. The molecule has 0 amide bonds. The highest BCUT2D eigenvalue weighted by Crippen LogP contribution is 2.24. The molecule has 2 atom stereocenters. The summed E-state index contributed by atoms with van der Waals surface area (Å²) >= 11 is 0. The number of rotatable bonds is 0. The van der Waals surface area contributed by atoms with Crippen LogP contribution in [0.1, 0.15) is 19.3 Å². The fourth-order valence-electron chi connectivity index (χ4n) is 1.83. The molecule has 56 valence electrons. The van der Waals surface area contributed by atoms with Gasteiger partial charge in [-0.3, -0.25) is 0 Å². The number of aliphatic hydroxyl groups is 1. The fourth-order valence-corrected chi connectivity index (χ4v) is 1.83. The van der Waals surface area contributed by atoms with E-state index in [9.17, 15) is 5.11 Å². The van der Waals surface area contributed by atoms with Crippen LogP contribution in [0.2, 0.25) is 0 Å². The Morgan fingerprint density at radius 2 is 2.50 bits per heavy atom. The third-order valence-electron chi connectivity index (χ3n) is 2.41. The second-order valence-electron chi connectivity index (χ2n) is 3.16. The van der Waals surface area contributed by atoms with Crippen LogP contribution in [-0.2, 0) is 0 Å². The Balaban J connectivity index is 2.12. The van der Waals surface area contributed by atoms with Crippen molar-refractivity contribution in [2.24, 2.45) is 0 Å². The van der Waals surface area contributed by atoms with Crippen molar-refractivity contribution in [3.8, 4) is 0 Å². The molecule has 0 aromatic heterocycles. The summed E-state index contributed by atoms with van der Waals surface area (Å²) < 4.78 is 0. The predicted octanol–water partition coefficient (Wildman–Crippen LogP) is 0.429. The third-order valence-corrected chi connectivity index (χ3v) is 2.41. The molecule has 0 aromatic carbocycles. The molecule has 10 heavy (non-hydrogen) atoms. The number of nitrogens with one attached hydrogen (secondary N) is 1. The molecule has 0 radical (unpaired) electrons. The van der Waals surface area contributed by atoms with E-state index in [0.717, 1.165) is 19.4 Å². The standard InChI is InChI=1S/C8H13NO/c10-7-2-1-6-3-4-9-8(6)5-7/h1,7-10H,2-5H2/t7-,8-/m0/s1. The molecule has 2 heteroatoms. The minimum Gasteiger partial charge on any atom is -0.393 e. The van der Waals surface area contributed by atoms with E-state index in [2.05, 4.69) is 11.4 Å². The van der Waals surface area contributed by atoms with Gasteiger partial charge in [0.15, 0.2) is 0 Å². The number of fused-ring (bicyclic) bond motifs is 1. The lowest BCUT2D eigenvalue weighted by Gasteiger charge is -2.21. The molecular formula is C8H13NO. The molecule has 2 N–H and O–H groups in total. The number of hydrogen-bond acceptors (Lipinski definition) is 2. The normalized spacial score (nSPS) is 39.1. The molecule has 1 aliphatic heterocycles. The van der Waals surface area contributed by atoms with Gasteiger partial charge in [-0.1, -0.05) is 11.6 Å². The van der Waals surface area contributed by atoms with Crippen LogP contribution in [0, 0.1) is 0 Å². The summed E-state index contributed by atoms with van der Waals surface area (Å²) in [5, 5.41) is 12.6. The van der Waals surface area contributed by atoms with Crippen molar-refractivity contribution >= 4 is 0 Å². The molecule has 0 aromatic rings. The molecule has 2 rings (SSSR count). The molecule has 0 saturated carbocycles. The third kappa shape index (κ3) is 0.976. The van der Waals surface area contributed by atoms with Crippen molar-refractivity contribution < 1.29 is 5.11 Å². The highest BCUT2D eigenvalue weighted by atomic mass is 16.3. The average molecular weight is 139 g/mol. The molecule has 1 heterocycles. The van der Waals surface area contributed by atoms with Gasteiger partial charge in [0, 0.05) is 6.04 Å². The molecule has 0 spiro atoms. The first-order chi connectivity index (χ1) is 4.86. The zero-order valence-electron chi connectivity index (χ0n) is 6.01. The smallest absolute Gasteiger partial charge is 0.0592 e. The van der Waals surface area contributed by atoms with Gasteiger partial charge in [-0.2, -0.15) is 0 Å². The quantitative estimate of drug-likeness (QED) is 0.477. The maximum Gasteiger partial charge on any atom is 0.0592 e. The second-order valence-corrected chi connectivity index (χ2v) is 3.16. The summed E-state index contributed by atoms with van der Waals surface area (Å²) in [5.41, 5.74) is 1.52. The molecule has 0 bridgehead atoms. The Morgan fingerprint density at radius 3 is 3.40 bits per heavy atom. The van der Waals surface area contributed by atoms with Crippen molar-refractivity contribution in [1.29, 1.82) is 0 Å². The van der Waals surface area contributed by atoms with Crippen LogP contribution in [-0.4, -0.2) is 23.8 Å². The zero-order chi connectivity index (χ0) is 6.97. The Hall–Kier alpha value is -0.340. The highest BCUT2D eigenvalue weighted by Gasteiger charge is 2.25. The van der Waals surface area contributed by atoms with Gasteiger partial charge in [0.05, 0.1) is 6.10 Å². The molecule has 1 fully saturated rings. The van der Waals surface area contributed by atoms with E-state index >= 15 is 0 Å². The first-order valence-electron chi connectivity index (χ1n) is 3.96. The van der Waals surface area contributed by atoms with Crippen LogP contribution in [0.5, 0.6) is 0 Å². The summed E-state index contributed by atoms with van der Waals surface area (Å²) in [6, 6.07) is 0.503. The van der Waals surface area contributed by atoms with Crippen molar-refractivity contribution in [2.75, 3.05) is 6.54 Å². The van der Waals surface area contributed by atoms with E-state index in [-0.39, 0.29) is 6.10 Å². The summed E-state index contributed by atoms with van der Waals surface area (Å²) in [7, 11) is 0. The average Bonchev–Trinajstić information content (AvgIpc) is 2.33. The van der Waals surface area contributed by atoms with Gasteiger partial charge in [0.25, 0.3) is 0 Å². The molecule has 2 nitrogen and oxygen atoms in total. The summed E-state index contributed by atoms with van der Waals surface area (Å²) in [6.07, 6.45) is 5.08. The van der Waals surface area contributed by atoms with E-state index in [1.165, 1.54) is 12.0 Å². The molecule has 1 aliphatic carbocycles. The van der Waals surface area contributed by atoms with Gasteiger partial charge < -0.3 is 10.4 Å². The van der Waals surface area contributed by atoms with E-state index < -0.39 is 0 Å². The van der Waals surface area contributed by atoms with Crippen molar-refractivity contribution in [1.82, 2.24) is 5.32 Å². The molecule has 2 aliphatic rings. The summed E-state index contributed by atoms with van der Waals surface area (Å²) in [5.74, 6) is 0. The minimum absolute atomic E-state index is 0.0978. The van der Waals surface area contributed by atoms with Gasteiger partial charge in [0.1, 0.15) is 0 Å². The van der Waals surface area contributed by atoms with E-state index in [4.69, 9.17) is 0 Å². The van der Waals surface area contributed by atoms with Crippen LogP contribution in [0.4, 0.5) is 0 Å². The van der Waals surface area contributed by atoms with Crippen molar-refractivity contribution in [3.63, 3.8) is 0 Å². The van der Waals surface area contributed by atoms with Gasteiger partial charge >= 0.3 is 0 Å². The Bertz CT molecular complexity index is 165. The Morgan fingerprint density at radius 1 is 1.60 bits per heavy atom. The first kappa shape index (κ1) is 6.38. The first-order valence-corrected chi connectivity index (χ1v) is 3.96. The van der Waals surface area contributed by atoms with Crippen molar-refractivity contribution in [3.05, 3.63) is 11.6 Å². The molecular weight excluding hydrogens is 126 g/mol. The maximum atomic E-state index is 9.27. The lowest BCUT2D eigenvalue weighted by Crippen LogP contribution is -2.30. The van der Waals surface area contributed by atoms with Gasteiger partial charge in [-0.25, -0.2) is 0 Å². The SMILES string of the molecule is O[C@H]1CC=C2CCN[C@H]2C1. The summed E-state index contributed by atoms with van der Waals surface area (Å²) in [4.78, 5) is 0. The van der Waals surface area contributed by atoms with Gasteiger partial charge in [0.2, 0.25) is 0 Å². The molecule has 1 saturated heterocycles. The number of hydrogen-bond donors (Lipinski definition) is 2. The monoisotopic (exact) mass is 139 g/mol. The van der Waals surface area contributed by atoms with Crippen LogP contribution in [0.3, 0.4) is 0 Å². The largest absolute Gasteiger partial charge is 0.393 e. The van der Waals surface area contributed by atoms with Crippen LogP contribution < -0.4 is 5.32 Å². The Kier molecular flexibility index (Phi) is 1.51. The lowest BCUT2D eigenvalue weighted by molar-refractivity contribution is 0.153. The maximum absolute atomic E-state index is 9.27. The van der Waals surface area contributed by atoms with Crippen LogP contribution >= 0.6 is 0 Å². The Labute approximate surface area is 60.9 Å². The molecule has 0 unspecified atom stereocenters. The topological polar surface area (TPSA) is 32.3 Å². The highest BCUT2D eigenvalue weighted by molar-refractivity contribution is 5.19. The minimum atomic E-state index is -0.0978. The summed E-state index contributed by atoms with van der Waals surface area (Å²) in [6.45, 7) is 1.10. The van der Waals surface area contributed by atoms with Crippen molar-refractivity contribution in [2.45, 2.75) is 31.4 Å².